The highest BCUT2D eigenvalue weighted by atomic mass is 19.1. The maximum atomic E-state index is 13.7. The van der Waals surface area contributed by atoms with E-state index in [1.54, 1.807) is 13.4 Å². The van der Waals surface area contributed by atoms with Crippen LogP contribution in [-0.4, -0.2) is 34.1 Å². The molecule has 0 saturated carbocycles. The van der Waals surface area contributed by atoms with Crippen molar-refractivity contribution < 1.29 is 9.13 Å². The number of nitrogens with zero attached hydrogens (tertiary/aromatic N) is 4. The largest absolute Gasteiger partial charge is 0.495 e. The van der Waals surface area contributed by atoms with Crippen molar-refractivity contribution in [2.75, 3.05) is 13.7 Å². The first-order valence-electron chi connectivity index (χ1n) is 12.9. The normalized spacial score (nSPS) is 20.2. The lowest BCUT2D eigenvalue weighted by atomic mass is 9.92. The van der Waals surface area contributed by atoms with Crippen molar-refractivity contribution >= 4 is 11.9 Å². The summed E-state index contributed by atoms with van der Waals surface area (Å²) in [6, 6.07) is 23.0. The minimum Gasteiger partial charge on any atom is -0.495 e. The summed E-state index contributed by atoms with van der Waals surface area (Å²) < 4.78 is 21.4. The Labute approximate surface area is 222 Å². The molecule has 6 rings (SSSR count). The van der Waals surface area contributed by atoms with Gasteiger partial charge in [0.05, 0.1) is 36.9 Å². The molecule has 2 aliphatic heterocycles. The molecule has 0 bridgehead atoms. The molecule has 0 radical (unpaired) electrons. The van der Waals surface area contributed by atoms with E-state index in [1.807, 2.05) is 48.0 Å². The number of aromatic nitrogens is 2. The molecule has 0 spiro atoms. The van der Waals surface area contributed by atoms with Gasteiger partial charge >= 0.3 is 0 Å². The predicted molar refractivity (Wildman–Crippen MR) is 148 cm³/mol. The van der Waals surface area contributed by atoms with E-state index in [4.69, 9.17) is 9.73 Å². The number of rotatable bonds is 5. The standard InChI is InChI=1S/C31H30FN5O/c1-21-19-36(20-33-21)27-15-10-22(18-28(27)38-2)17-25-9-6-16-37-31(25)34-29(23-7-4-3-5-8-23)30(35-37)24-11-13-26(32)14-12-24/h3-5,7-8,10-15,17-20,29-30,35H,6,9,16H2,1-2H3/b25-17+. The van der Waals surface area contributed by atoms with E-state index in [2.05, 4.69) is 51.8 Å². The summed E-state index contributed by atoms with van der Waals surface area (Å²) in [6.45, 7) is 2.83. The monoisotopic (exact) mass is 507 g/mol. The maximum absolute atomic E-state index is 13.7. The average molecular weight is 508 g/mol. The van der Waals surface area contributed by atoms with E-state index in [1.165, 1.54) is 17.7 Å². The van der Waals surface area contributed by atoms with Crippen molar-refractivity contribution in [1.82, 2.24) is 20.0 Å². The lowest BCUT2D eigenvalue weighted by Gasteiger charge is -2.42. The van der Waals surface area contributed by atoms with Crippen LogP contribution in [-0.2, 0) is 0 Å². The van der Waals surface area contributed by atoms with Crippen LogP contribution in [0.2, 0.25) is 0 Å². The zero-order chi connectivity index (χ0) is 26.1. The molecule has 2 unspecified atom stereocenters. The lowest BCUT2D eigenvalue weighted by molar-refractivity contribution is 0.206. The molecule has 7 heteroatoms. The molecule has 2 aliphatic rings. The van der Waals surface area contributed by atoms with Crippen LogP contribution in [0.1, 0.15) is 47.3 Å². The number of imidazole rings is 1. The third kappa shape index (κ3) is 4.73. The van der Waals surface area contributed by atoms with Crippen LogP contribution in [0.5, 0.6) is 5.75 Å². The Kier molecular flexibility index (Phi) is 6.52. The van der Waals surface area contributed by atoms with Gasteiger partial charge in [0.1, 0.15) is 17.4 Å². The second-order valence-electron chi connectivity index (χ2n) is 9.74. The highest BCUT2D eigenvalue weighted by Crippen LogP contribution is 2.38. The van der Waals surface area contributed by atoms with E-state index in [-0.39, 0.29) is 17.9 Å². The lowest BCUT2D eigenvalue weighted by Crippen LogP contribution is -2.52. The molecule has 4 aromatic rings. The van der Waals surface area contributed by atoms with Crippen molar-refractivity contribution in [3.05, 3.63) is 119 Å². The number of fused-ring (bicyclic) bond motifs is 1. The van der Waals surface area contributed by atoms with E-state index < -0.39 is 0 Å². The van der Waals surface area contributed by atoms with Crippen molar-refractivity contribution in [2.45, 2.75) is 31.8 Å². The first kappa shape index (κ1) is 24.1. The summed E-state index contributed by atoms with van der Waals surface area (Å²) in [5.41, 5.74) is 9.97. The summed E-state index contributed by atoms with van der Waals surface area (Å²) in [6.07, 6.45) is 7.93. The molecule has 1 aromatic heterocycles. The highest BCUT2D eigenvalue weighted by molar-refractivity contribution is 6.03. The number of methoxy groups -OCH3 is 1. The smallest absolute Gasteiger partial charge is 0.143 e. The van der Waals surface area contributed by atoms with Crippen molar-refractivity contribution in [2.24, 2.45) is 4.99 Å². The van der Waals surface area contributed by atoms with Gasteiger partial charge in [-0.05, 0) is 72.4 Å². The molecule has 38 heavy (non-hydrogen) atoms. The summed E-state index contributed by atoms with van der Waals surface area (Å²) in [5.74, 6) is 1.50. The van der Waals surface area contributed by atoms with Crippen LogP contribution in [0.4, 0.5) is 4.39 Å². The van der Waals surface area contributed by atoms with Crippen LogP contribution in [0.3, 0.4) is 0 Å². The molecule has 0 amide bonds. The van der Waals surface area contributed by atoms with Crippen LogP contribution < -0.4 is 10.2 Å². The van der Waals surface area contributed by atoms with Gasteiger partial charge < -0.3 is 9.30 Å². The summed E-state index contributed by atoms with van der Waals surface area (Å²) in [7, 11) is 1.69. The molecule has 6 nitrogen and oxygen atoms in total. The fraction of sp³-hybridized carbons (Fsp3) is 0.226. The number of piperidine rings is 1. The average Bonchev–Trinajstić information content (AvgIpc) is 3.39. The summed E-state index contributed by atoms with van der Waals surface area (Å²) >= 11 is 0. The van der Waals surface area contributed by atoms with Gasteiger partial charge in [-0.25, -0.2) is 14.8 Å². The van der Waals surface area contributed by atoms with Gasteiger partial charge in [-0.3, -0.25) is 10.0 Å². The Balaban J connectivity index is 1.39. The Morgan fingerprint density at radius 3 is 2.58 bits per heavy atom. The van der Waals surface area contributed by atoms with E-state index in [0.717, 1.165) is 59.0 Å². The van der Waals surface area contributed by atoms with Gasteiger partial charge in [-0.1, -0.05) is 48.5 Å². The van der Waals surface area contributed by atoms with E-state index in [9.17, 15) is 4.39 Å². The maximum Gasteiger partial charge on any atom is 0.143 e. The van der Waals surface area contributed by atoms with Crippen molar-refractivity contribution in [3.63, 3.8) is 0 Å². The summed E-state index contributed by atoms with van der Waals surface area (Å²) in [4.78, 5) is 9.66. The van der Waals surface area contributed by atoms with Crippen LogP contribution in [0.15, 0.2) is 95.9 Å². The Bertz CT molecular complexity index is 1490. The number of ether oxygens (including phenoxy) is 1. The number of hydrogen-bond acceptors (Lipinski definition) is 5. The Hall–Kier alpha value is -4.23. The fourth-order valence-corrected chi connectivity index (χ4v) is 5.27. The summed E-state index contributed by atoms with van der Waals surface area (Å²) in [5, 5.41) is 2.16. The molecular weight excluding hydrogens is 477 g/mol. The molecule has 0 aliphatic carbocycles. The second kappa shape index (κ2) is 10.3. The first-order chi connectivity index (χ1) is 18.6. The number of aliphatic imine (C=N–C) groups is 1. The third-order valence-electron chi connectivity index (χ3n) is 7.15. The predicted octanol–water partition coefficient (Wildman–Crippen LogP) is 6.21. The fourth-order valence-electron chi connectivity index (χ4n) is 5.27. The van der Waals surface area contributed by atoms with Gasteiger partial charge in [0, 0.05) is 12.7 Å². The molecule has 3 heterocycles. The molecule has 192 valence electrons. The number of amidine groups is 1. The molecule has 2 atom stereocenters. The van der Waals surface area contributed by atoms with Gasteiger partial charge in [-0.15, -0.1) is 0 Å². The van der Waals surface area contributed by atoms with Gasteiger partial charge in [-0.2, -0.15) is 0 Å². The SMILES string of the molecule is COc1cc(/C=C2\CCCN3NC(c4ccc(F)cc4)C(c4ccccc4)N=C23)ccc1-n1cnc(C)c1. The van der Waals surface area contributed by atoms with Gasteiger partial charge in [0.15, 0.2) is 0 Å². The zero-order valence-electron chi connectivity index (χ0n) is 21.5. The number of hydrazine groups is 1. The van der Waals surface area contributed by atoms with Gasteiger partial charge in [0.25, 0.3) is 0 Å². The zero-order valence-corrected chi connectivity index (χ0v) is 21.5. The minimum absolute atomic E-state index is 0.0980. The molecule has 1 saturated heterocycles. The van der Waals surface area contributed by atoms with Crippen LogP contribution in [0, 0.1) is 12.7 Å². The van der Waals surface area contributed by atoms with Crippen LogP contribution >= 0.6 is 0 Å². The number of hydrogen-bond donors (Lipinski definition) is 1. The molecule has 3 aromatic carbocycles. The van der Waals surface area contributed by atoms with E-state index in [0.29, 0.717) is 0 Å². The minimum atomic E-state index is -0.238. The number of nitrogens with one attached hydrogen (secondary N) is 1. The van der Waals surface area contributed by atoms with Crippen molar-refractivity contribution in [3.8, 4) is 11.4 Å². The second-order valence-corrected chi connectivity index (χ2v) is 9.74. The van der Waals surface area contributed by atoms with Gasteiger partial charge in [0.2, 0.25) is 0 Å². The Morgan fingerprint density at radius 1 is 1.03 bits per heavy atom. The van der Waals surface area contributed by atoms with Crippen molar-refractivity contribution in [1.29, 1.82) is 0 Å². The molecular formula is C31H30FN5O. The molecule has 1 N–H and O–H groups in total. The highest BCUT2D eigenvalue weighted by Gasteiger charge is 2.35. The number of benzene rings is 3. The quantitative estimate of drug-likeness (QED) is 0.349. The number of aryl methyl sites for hydroxylation is 1. The van der Waals surface area contributed by atoms with Crippen LogP contribution in [0.25, 0.3) is 11.8 Å². The first-order valence-corrected chi connectivity index (χ1v) is 12.9. The Morgan fingerprint density at radius 2 is 1.84 bits per heavy atom. The third-order valence-corrected chi connectivity index (χ3v) is 7.15. The van der Waals surface area contributed by atoms with E-state index >= 15 is 0 Å². The topological polar surface area (TPSA) is 54.7 Å². The number of halogens is 1. The molecule has 1 fully saturated rings.